The predicted molar refractivity (Wildman–Crippen MR) is 107 cm³/mol. The highest BCUT2D eigenvalue weighted by atomic mass is 19.1. The third-order valence-electron chi connectivity index (χ3n) is 4.73. The molecule has 0 unspecified atom stereocenters. The molecular weight excluding hydrogens is 394 g/mol. The average Bonchev–Trinajstić information content (AvgIpc) is 2.74. The fourth-order valence-corrected chi connectivity index (χ4v) is 3.06. The number of anilines is 1. The summed E-state index contributed by atoms with van der Waals surface area (Å²) in [7, 11) is 0. The van der Waals surface area contributed by atoms with Gasteiger partial charge in [-0.3, -0.25) is 19.3 Å². The highest BCUT2D eigenvalue weighted by Gasteiger charge is 2.22. The molecule has 0 spiro atoms. The van der Waals surface area contributed by atoms with Gasteiger partial charge in [0.15, 0.2) is 0 Å². The fraction of sp³-hybridized carbons (Fsp3) is 0.286. The van der Waals surface area contributed by atoms with Crippen molar-refractivity contribution < 1.29 is 23.2 Å². The zero-order valence-corrected chi connectivity index (χ0v) is 16.2. The van der Waals surface area contributed by atoms with E-state index in [1.54, 1.807) is 4.90 Å². The van der Waals surface area contributed by atoms with Crippen molar-refractivity contribution in [3.8, 4) is 0 Å². The Morgan fingerprint density at radius 2 is 1.40 bits per heavy atom. The Bertz CT molecular complexity index is 895. The summed E-state index contributed by atoms with van der Waals surface area (Å²) in [6.07, 6.45) is 0. The van der Waals surface area contributed by atoms with Crippen molar-refractivity contribution in [1.29, 1.82) is 0 Å². The van der Waals surface area contributed by atoms with E-state index in [1.807, 2.05) is 4.90 Å². The lowest BCUT2D eigenvalue weighted by molar-refractivity contribution is -0.132. The molecule has 2 N–H and O–H groups in total. The number of hydrogen-bond donors (Lipinski definition) is 2. The van der Waals surface area contributed by atoms with E-state index in [0.717, 1.165) is 0 Å². The van der Waals surface area contributed by atoms with Gasteiger partial charge in [0.25, 0.3) is 5.91 Å². The van der Waals surface area contributed by atoms with E-state index in [0.29, 0.717) is 31.9 Å². The van der Waals surface area contributed by atoms with Gasteiger partial charge in [-0.1, -0.05) is 0 Å². The Kier molecular flexibility index (Phi) is 7.08. The quantitative estimate of drug-likeness (QED) is 0.748. The highest BCUT2D eigenvalue weighted by molar-refractivity contribution is 5.96. The summed E-state index contributed by atoms with van der Waals surface area (Å²) in [5.74, 6) is -1.69. The number of benzene rings is 2. The molecule has 0 radical (unpaired) electrons. The molecule has 0 atom stereocenters. The molecule has 0 aromatic heterocycles. The summed E-state index contributed by atoms with van der Waals surface area (Å²) in [5, 5.41) is 5.24. The molecule has 7 nitrogen and oxygen atoms in total. The number of piperazine rings is 1. The number of hydrogen-bond acceptors (Lipinski definition) is 4. The van der Waals surface area contributed by atoms with Crippen LogP contribution in [0.4, 0.5) is 14.5 Å². The fourth-order valence-electron chi connectivity index (χ4n) is 3.06. The van der Waals surface area contributed by atoms with Crippen molar-refractivity contribution in [1.82, 2.24) is 15.1 Å². The average molecular weight is 416 g/mol. The van der Waals surface area contributed by atoms with Crippen LogP contribution in [0.15, 0.2) is 48.5 Å². The Morgan fingerprint density at radius 1 is 0.833 bits per heavy atom. The molecule has 2 aromatic rings. The van der Waals surface area contributed by atoms with Crippen molar-refractivity contribution in [2.24, 2.45) is 0 Å². The normalized spacial score (nSPS) is 14.3. The standard InChI is InChI=1S/C21H22F2N4O3/c22-16-3-1-15(2-4-16)21(30)24-13-20(29)27-11-9-26(10-12-27)14-19(28)25-18-7-5-17(23)6-8-18/h1-8H,9-14H2,(H,24,30)(H,25,28). The summed E-state index contributed by atoms with van der Waals surface area (Å²) in [6, 6.07) is 10.6. The number of nitrogens with zero attached hydrogens (tertiary/aromatic N) is 2. The van der Waals surface area contributed by atoms with Gasteiger partial charge in [0.2, 0.25) is 11.8 Å². The molecule has 3 rings (SSSR count). The molecule has 1 saturated heterocycles. The largest absolute Gasteiger partial charge is 0.343 e. The van der Waals surface area contributed by atoms with Crippen LogP contribution in [-0.4, -0.2) is 66.8 Å². The number of rotatable bonds is 6. The lowest BCUT2D eigenvalue weighted by atomic mass is 10.2. The van der Waals surface area contributed by atoms with Gasteiger partial charge in [-0.15, -0.1) is 0 Å². The van der Waals surface area contributed by atoms with Crippen molar-refractivity contribution in [2.45, 2.75) is 0 Å². The van der Waals surface area contributed by atoms with Crippen molar-refractivity contribution in [2.75, 3.05) is 44.6 Å². The number of nitrogens with one attached hydrogen (secondary N) is 2. The molecule has 158 valence electrons. The van der Waals surface area contributed by atoms with Crippen LogP contribution >= 0.6 is 0 Å². The monoisotopic (exact) mass is 416 g/mol. The highest BCUT2D eigenvalue weighted by Crippen LogP contribution is 2.09. The predicted octanol–water partition coefficient (Wildman–Crippen LogP) is 1.48. The van der Waals surface area contributed by atoms with Gasteiger partial charge in [-0.2, -0.15) is 0 Å². The zero-order chi connectivity index (χ0) is 21.5. The van der Waals surface area contributed by atoms with Crippen LogP contribution in [0.25, 0.3) is 0 Å². The van der Waals surface area contributed by atoms with E-state index >= 15 is 0 Å². The van der Waals surface area contributed by atoms with Crippen LogP contribution < -0.4 is 10.6 Å². The molecule has 1 heterocycles. The third kappa shape index (κ3) is 6.08. The minimum Gasteiger partial charge on any atom is -0.343 e. The van der Waals surface area contributed by atoms with E-state index in [-0.39, 0.29) is 36.3 Å². The van der Waals surface area contributed by atoms with Crippen molar-refractivity contribution in [3.05, 3.63) is 65.7 Å². The SMILES string of the molecule is O=C(CN1CCN(C(=O)CNC(=O)c2ccc(F)cc2)CC1)Nc1ccc(F)cc1. The second-order valence-corrected chi connectivity index (χ2v) is 6.90. The number of carbonyl (C=O) groups excluding carboxylic acids is 3. The first-order valence-electron chi connectivity index (χ1n) is 9.50. The Hall–Kier alpha value is -3.33. The minimum absolute atomic E-state index is 0.152. The maximum absolute atomic E-state index is 12.9. The number of carbonyl (C=O) groups is 3. The summed E-state index contributed by atoms with van der Waals surface area (Å²) in [4.78, 5) is 40.0. The van der Waals surface area contributed by atoms with Gasteiger partial charge in [0.1, 0.15) is 11.6 Å². The van der Waals surface area contributed by atoms with Gasteiger partial charge in [0.05, 0.1) is 13.1 Å². The summed E-state index contributed by atoms with van der Waals surface area (Å²) < 4.78 is 25.8. The molecule has 30 heavy (non-hydrogen) atoms. The molecular formula is C21H22F2N4O3. The molecule has 0 saturated carbocycles. The van der Waals surface area contributed by atoms with Crippen LogP contribution in [0, 0.1) is 11.6 Å². The summed E-state index contributed by atoms with van der Waals surface area (Å²) >= 11 is 0. The van der Waals surface area contributed by atoms with Gasteiger partial charge < -0.3 is 15.5 Å². The first kappa shape index (κ1) is 21.4. The number of amides is 3. The third-order valence-corrected chi connectivity index (χ3v) is 4.73. The second kappa shape index (κ2) is 9.93. The molecule has 1 aliphatic heterocycles. The van der Waals surface area contributed by atoms with Gasteiger partial charge in [-0.05, 0) is 48.5 Å². The van der Waals surface area contributed by atoms with Crippen LogP contribution in [0.1, 0.15) is 10.4 Å². The maximum Gasteiger partial charge on any atom is 0.251 e. The van der Waals surface area contributed by atoms with Gasteiger partial charge in [-0.25, -0.2) is 8.78 Å². The Morgan fingerprint density at radius 3 is 2.00 bits per heavy atom. The molecule has 0 aliphatic carbocycles. The summed E-state index contributed by atoms with van der Waals surface area (Å²) in [5.41, 5.74) is 0.799. The zero-order valence-electron chi connectivity index (χ0n) is 16.2. The van der Waals surface area contributed by atoms with E-state index in [4.69, 9.17) is 0 Å². The lowest BCUT2D eigenvalue weighted by Crippen LogP contribution is -2.52. The molecule has 0 bridgehead atoms. The van der Waals surface area contributed by atoms with Crippen LogP contribution in [-0.2, 0) is 9.59 Å². The van der Waals surface area contributed by atoms with Crippen LogP contribution in [0.5, 0.6) is 0 Å². The van der Waals surface area contributed by atoms with E-state index in [1.165, 1.54) is 48.5 Å². The summed E-state index contributed by atoms with van der Waals surface area (Å²) in [6.45, 7) is 1.94. The van der Waals surface area contributed by atoms with Gasteiger partial charge in [0, 0.05) is 37.4 Å². The molecule has 1 fully saturated rings. The first-order valence-corrected chi connectivity index (χ1v) is 9.50. The van der Waals surface area contributed by atoms with E-state index in [2.05, 4.69) is 10.6 Å². The van der Waals surface area contributed by atoms with Crippen molar-refractivity contribution >= 4 is 23.4 Å². The molecule has 9 heteroatoms. The lowest BCUT2D eigenvalue weighted by Gasteiger charge is -2.34. The second-order valence-electron chi connectivity index (χ2n) is 6.90. The molecule has 3 amide bonds. The first-order chi connectivity index (χ1) is 14.4. The Balaban J connectivity index is 1.38. The van der Waals surface area contributed by atoms with Crippen LogP contribution in [0.3, 0.4) is 0 Å². The van der Waals surface area contributed by atoms with E-state index in [9.17, 15) is 23.2 Å². The van der Waals surface area contributed by atoms with Gasteiger partial charge >= 0.3 is 0 Å². The van der Waals surface area contributed by atoms with E-state index < -0.39 is 11.7 Å². The van der Waals surface area contributed by atoms with Crippen LogP contribution in [0.2, 0.25) is 0 Å². The number of halogens is 2. The van der Waals surface area contributed by atoms with Crippen molar-refractivity contribution in [3.63, 3.8) is 0 Å². The Labute approximate surface area is 172 Å². The minimum atomic E-state index is -0.445. The smallest absolute Gasteiger partial charge is 0.251 e. The molecule has 2 aromatic carbocycles. The molecule has 1 aliphatic rings. The maximum atomic E-state index is 12.9. The topological polar surface area (TPSA) is 81.8 Å².